The number of fused-ring (bicyclic) bond motifs is 1. The maximum Gasteiger partial charge on any atom is 0.0344 e. The smallest absolute Gasteiger partial charge is 0.0344 e. The summed E-state index contributed by atoms with van der Waals surface area (Å²) >= 11 is 0. The summed E-state index contributed by atoms with van der Waals surface area (Å²) < 4.78 is 0. The molecule has 0 saturated heterocycles. The zero-order valence-electron chi connectivity index (χ0n) is 11.2. The van der Waals surface area contributed by atoms with E-state index in [4.69, 9.17) is 5.73 Å². The van der Waals surface area contributed by atoms with E-state index in [1.807, 2.05) is 0 Å². The Kier molecular flexibility index (Phi) is 3.40. The van der Waals surface area contributed by atoms with Crippen LogP contribution in [0.5, 0.6) is 0 Å². The molecule has 0 heterocycles. The van der Waals surface area contributed by atoms with Crippen LogP contribution in [0.1, 0.15) is 62.2 Å². The maximum absolute atomic E-state index is 6.24. The largest absolute Gasteiger partial charge is 0.324 e. The molecule has 1 saturated carbocycles. The van der Waals surface area contributed by atoms with Crippen LogP contribution in [-0.4, -0.2) is 6.04 Å². The Morgan fingerprint density at radius 2 is 1.83 bits per heavy atom. The van der Waals surface area contributed by atoms with Crippen molar-refractivity contribution in [3.8, 4) is 0 Å². The lowest BCUT2D eigenvalue weighted by Gasteiger charge is -2.32. The van der Waals surface area contributed by atoms with E-state index < -0.39 is 0 Å². The van der Waals surface area contributed by atoms with Gasteiger partial charge >= 0.3 is 0 Å². The van der Waals surface area contributed by atoms with Gasteiger partial charge < -0.3 is 11.1 Å². The summed E-state index contributed by atoms with van der Waals surface area (Å²) in [4.78, 5) is 0. The average molecular weight is 244 g/mol. The standard InChI is InChI=1S/C16H24N2/c1-11-6-2-5-9-15(11)18-16-10-14(17)12-7-3-4-8-13(12)16/h3-4,7-8,11,14-16,18H,2,5-6,9-10,17H2,1H3. The van der Waals surface area contributed by atoms with Gasteiger partial charge in [0.05, 0.1) is 0 Å². The first-order valence-electron chi connectivity index (χ1n) is 7.36. The van der Waals surface area contributed by atoms with Crippen LogP contribution in [-0.2, 0) is 0 Å². The Balaban J connectivity index is 1.74. The number of benzene rings is 1. The molecule has 4 unspecified atom stereocenters. The number of hydrogen-bond donors (Lipinski definition) is 2. The molecule has 2 nitrogen and oxygen atoms in total. The van der Waals surface area contributed by atoms with Crippen LogP contribution in [0.2, 0.25) is 0 Å². The lowest BCUT2D eigenvalue weighted by atomic mass is 9.85. The third kappa shape index (κ3) is 2.19. The molecule has 0 aliphatic heterocycles. The highest BCUT2D eigenvalue weighted by Crippen LogP contribution is 2.38. The van der Waals surface area contributed by atoms with Gasteiger partial charge in [-0.2, -0.15) is 0 Å². The minimum absolute atomic E-state index is 0.220. The molecular weight excluding hydrogens is 220 g/mol. The predicted molar refractivity (Wildman–Crippen MR) is 75.3 cm³/mol. The molecule has 0 aromatic heterocycles. The lowest BCUT2D eigenvalue weighted by molar-refractivity contribution is 0.256. The molecule has 3 N–H and O–H groups in total. The molecule has 0 bridgehead atoms. The zero-order chi connectivity index (χ0) is 12.5. The molecule has 18 heavy (non-hydrogen) atoms. The van der Waals surface area contributed by atoms with Crippen molar-refractivity contribution in [2.24, 2.45) is 11.7 Å². The molecular formula is C16H24N2. The third-order valence-electron chi connectivity index (χ3n) is 4.79. The van der Waals surface area contributed by atoms with Gasteiger partial charge in [0.15, 0.2) is 0 Å². The molecule has 2 heteroatoms. The highest BCUT2D eigenvalue weighted by Gasteiger charge is 2.31. The van der Waals surface area contributed by atoms with E-state index in [9.17, 15) is 0 Å². The summed E-state index contributed by atoms with van der Waals surface area (Å²) in [6.07, 6.45) is 6.54. The second-order valence-corrected chi connectivity index (χ2v) is 6.06. The monoisotopic (exact) mass is 244 g/mol. The van der Waals surface area contributed by atoms with E-state index in [0.717, 1.165) is 12.3 Å². The Morgan fingerprint density at radius 1 is 1.11 bits per heavy atom. The third-order valence-corrected chi connectivity index (χ3v) is 4.79. The fraction of sp³-hybridized carbons (Fsp3) is 0.625. The van der Waals surface area contributed by atoms with Crippen LogP contribution in [0, 0.1) is 5.92 Å². The van der Waals surface area contributed by atoms with Crippen LogP contribution in [0.15, 0.2) is 24.3 Å². The molecule has 4 atom stereocenters. The van der Waals surface area contributed by atoms with E-state index in [-0.39, 0.29) is 6.04 Å². The summed E-state index contributed by atoms with van der Waals surface area (Å²) in [7, 11) is 0. The fourth-order valence-electron chi connectivity index (χ4n) is 3.65. The first kappa shape index (κ1) is 12.2. The highest BCUT2D eigenvalue weighted by molar-refractivity contribution is 5.37. The minimum atomic E-state index is 0.220. The summed E-state index contributed by atoms with van der Waals surface area (Å²) in [5, 5.41) is 3.87. The van der Waals surface area contributed by atoms with E-state index in [2.05, 4.69) is 36.5 Å². The Labute approximate surface area is 110 Å². The first-order valence-corrected chi connectivity index (χ1v) is 7.36. The first-order chi connectivity index (χ1) is 8.75. The topological polar surface area (TPSA) is 38.0 Å². The summed E-state index contributed by atoms with van der Waals surface area (Å²) in [6, 6.07) is 10.0. The van der Waals surface area contributed by atoms with Crippen molar-refractivity contribution < 1.29 is 0 Å². The van der Waals surface area contributed by atoms with Gasteiger partial charge in [-0.1, -0.05) is 44.0 Å². The Hall–Kier alpha value is -0.860. The Morgan fingerprint density at radius 3 is 2.61 bits per heavy atom. The van der Waals surface area contributed by atoms with Gasteiger partial charge in [0, 0.05) is 18.1 Å². The van der Waals surface area contributed by atoms with Gasteiger partial charge in [0.1, 0.15) is 0 Å². The van der Waals surface area contributed by atoms with Crippen LogP contribution >= 0.6 is 0 Å². The van der Waals surface area contributed by atoms with Gasteiger partial charge in [-0.3, -0.25) is 0 Å². The van der Waals surface area contributed by atoms with E-state index in [0.29, 0.717) is 12.1 Å². The van der Waals surface area contributed by atoms with Crippen molar-refractivity contribution >= 4 is 0 Å². The van der Waals surface area contributed by atoms with E-state index in [1.54, 1.807) is 0 Å². The van der Waals surface area contributed by atoms with Crippen LogP contribution in [0.3, 0.4) is 0 Å². The van der Waals surface area contributed by atoms with Crippen molar-refractivity contribution in [2.45, 2.75) is 57.2 Å². The average Bonchev–Trinajstić information content (AvgIpc) is 2.70. The van der Waals surface area contributed by atoms with E-state index >= 15 is 0 Å². The van der Waals surface area contributed by atoms with Gasteiger partial charge in [-0.05, 0) is 36.3 Å². The lowest BCUT2D eigenvalue weighted by Crippen LogP contribution is -2.39. The molecule has 2 aliphatic carbocycles. The molecule has 98 valence electrons. The minimum Gasteiger partial charge on any atom is -0.324 e. The van der Waals surface area contributed by atoms with Gasteiger partial charge in [0.2, 0.25) is 0 Å². The predicted octanol–water partition coefficient (Wildman–Crippen LogP) is 3.30. The number of nitrogens with one attached hydrogen (secondary N) is 1. The quantitative estimate of drug-likeness (QED) is 0.837. The van der Waals surface area contributed by atoms with Gasteiger partial charge in [-0.25, -0.2) is 0 Å². The highest BCUT2D eigenvalue weighted by atomic mass is 15.0. The molecule has 1 fully saturated rings. The Bertz CT molecular complexity index is 415. The number of rotatable bonds is 2. The van der Waals surface area contributed by atoms with Crippen molar-refractivity contribution in [2.75, 3.05) is 0 Å². The van der Waals surface area contributed by atoms with Gasteiger partial charge in [-0.15, -0.1) is 0 Å². The summed E-state index contributed by atoms with van der Waals surface area (Å²) in [6.45, 7) is 2.39. The van der Waals surface area contributed by atoms with Crippen molar-refractivity contribution in [1.82, 2.24) is 5.32 Å². The zero-order valence-corrected chi connectivity index (χ0v) is 11.2. The second kappa shape index (κ2) is 5.02. The molecule has 0 spiro atoms. The summed E-state index contributed by atoms with van der Waals surface area (Å²) in [5.74, 6) is 0.808. The van der Waals surface area contributed by atoms with E-state index in [1.165, 1.54) is 36.8 Å². The SMILES string of the molecule is CC1CCCCC1NC1CC(N)c2ccccc21. The van der Waals surface area contributed by atoms with Crippen molar-refractivity contribution in [3.05, 3.63) is 35.4 Å². The normalized spacial score (nSPS) is 35.4. The number of hydrogen-bond acceptors (Lipinski definition) is 2. The second-order valence-electron chi connectivity index (χ2n) is 6.06. The van der Waals surface area contributed by atoms with Crippen molar-refractivity contribution in [1.29, 1.82) is 0 Å². The molecule has 0 amide bonds. The van der Waals surface area contributed by atoms with Crippen molar-refractivity contribution in [3.63, 3.8) is 0 Å². The maximum atomic E-state index is 6.24. The molecule has 2 aliphatic rings. The van der Waals surface area contributed by atoms with Crippen LogP contribution in [0.25, 0.3) is 0 Å². The molecule has 3 rings (SSSR count). The molecule has 1 aromatic rings. The van der Waals surface area contributed by atoms with Crippen LogP contribution < -0.4 is 11.1 Å². The molecule has 0 radical (unpaired) electrons. The van der Waals surface area contributed by atoms with Crippen LogP contribution in [0.4, 0.5) is 0 Å². The fourth-order valence-corrected chi connectivity index (χ4v) is 3.65. The van der Waals surface area contributed by atoms with Gasteiger partial charge in [0.25, 0.3) is 0 Å². The molecule has 1 aromatic carbocycles. The number of nitrogens with two attached hydrogens (primary N) is 1. The summed E-state index contributed by atoms with van der Waals surface area (Å²) in [5.41, 5.74) is 9.02.